The van der Waals surface area contributed by atoms with Crippen molar-refractivity contribution in [1.29, 1.82) is 0 Å². The van der Waals surface area contributed by atoms with Crippen LogP contribution in [0.4, 0.5) is 16.2 Å². The second kappa shape index (κ2) is 7.97. The molecule has 1 aliphatic heterocycles. The number of nitrogens with zero attached hydrogens (tertiary/aromatic N) is 3. The Morgan fingerprint density at radius 3 is 2.90 bits per heavy atom. The summed E-state index contributed by atoms with van der Waals surface area (Å²) < 4.78 is 1.21. The molecule has 0 saturated carbocycles. The van der Waals surface area contributed by atoms with Crippen molar-refractivity contribution in [2.45, 2.75) is 12.5 Å². The molecule has 0 saturated heterocycles. The maximum Gasteiger partial charge on any atom is 0.342 e. The number of anilines is 2. The predicted octanol–water partition coefficient (Wildman–Crippen LogP) is 3.14. The molecule has 4 rings (SSSR count). The molecule has 2 N–H and O–H groups in total. The van der Waals surface area contributed by atoms with E-state index in [4.69, 9.17) is 11.6 Å². The number of amides is 2. The van der Waals surface area contributed by atoms with Gasteiger partial charge in [0.2, 0.25) is 0 Å². The Hall–Kier alpha value is -3.32. The SMILES string of the molecule is CN1C(=O)[C@@H](NC(=O)n2cc(Cc3cccc(Cl)c3)cn2)CNc2ccccc21. The number of fused-ring (bicyclic) bond motifs is 1. The lowest BCUT2D eigenvalue weighted by atomic mass is 10.1. The first kappa shape index (κ1) is 19.0. The number of carbonyl (C=O) groups is 2. The van der Waals surface area contributed by atoms with Gasteiger partial charge in [-0.05, 0) is 35.4 Å². The van der Waals surface area contributed by atoms with E-state index in [-0.39, 0.29) is 5.91 Å². The van der Waals surface area contributed by atoms with Crippen molar-refractivity contribution in [2.24, 2.45) is 0 Å². The summed E-state index contributed by atoms with van der Waals surface area (Å²) in [6, 6.07) is 13.9. The number of hydrogen-bond donors (Lipinski definition) is 2. The molecule has 2 heterocycles. The molecule has 1 aromatic heterocycles. The summed E-state index contributed by atoms with van der Waals surface area (Å²) in [5, 5.41) is 10.8. The molecule has 0 unspecified atom stereocenters. The first-order valence-electron chi connectivity index (χ1n) is 9.20. The Labute approximate surface area is 173 Å². The third-order valence-electron chi connectivity index (χ3n) is 4.83. The quantitative estimate of drug-likeness (QED) is 0.696. The number of nitrogens with one attached hydrogen (secondary N) is 2. The molecule has 0 radical (unpaired) electrons. The van der Waals surface area contributed by atoms with Crippen molar-refractivity contribution in [3.05, 3.63) is 77.1 Å². The van der Waals surface area contributed by atoms with Gasteiger partial charge in [-0.15, -0.1) is 0 Å². The van der Waals surface area contributed by atoms with Gasteiger partial charge in [-0.1, -0.05) is 35.9 Å². The Kier molecular flexibility index (Phi) is 5.22. The van der Waals surface area contributed by atoms with Crippen molar-refractivity contribution in [3.8, 4) is 0 Å². The van der Waals surface area contributed by atoms with Crippen molar-refractivity contribution >= 4 is 34.9 Å². The molecular formula is C21H20ClN5O2. The number of rotatable bonds is 3. The van der Waals surface area contributed by atoms with E-state index < -0.39 is 12.1 Å². The Morgan fingerprint density at radius 2 is 2.07 bits per heavy atom. The molecule has 3 aromatic rings. The molecule has 0 spiro atoms. The highest BCUT2D eigenvalue weighted by molar-refractivity contribution is 6.30. The van der Waals surface area contributed by atoms with Crippen LogP contribution in [0.1, 0.15) is 11.1 Å². The molecule has 0 fully saturated rings. The molecule has 0 aliphatic carbocycles. The largest absolute Gasteiger partial charge is 0.381 e. The molecular weight excluding hydrogens is 390 g/mol. The smallest absolute Gasteiger partial charge is 0.342 e. The van der Waals surface area contributed by atoms with Crippen LogP contribution in [0.3, 0.4) is 0 Å². The highest BCUT2D eigenvalue weighted by Crippen LogP contribution is 2.27. The normalized spacial score (nSPS) is 16.0. The number of hydrogen-bond acceptors (Lipinski definition) is 4. The van der Waals surface area contributed by atoms with Crippen LogP contribution in [0.25, 0.3) is 0 Å². The van der Waals surface area contributed by atoms with Crippen LogP contribution in [0.15, 0.2) is 60.9 Å². The monoisotopic (exact) mass is 409 g/mol. The lowest BCUT2D eigenvalue weighted by Gasteiger charge is -2.21. The van der Waals surface area contributed by atoms with Gasteiger partial charge in [-0.3, -0.25) is 4.79 Å². The number of aromatic nitrogens is 2. The van der Waals surface area contributed by atoms with Crippen LogP contribution in [0, 0.1) is 0 Å². The molecule has 8 heteroatoms. The summed E-state index contributed by atoms with van der Waals surface area (Å²) in [5.41, 5.74) is 3.53. The second-order valence-corrected chi connectivity index (χ2v) is 7.33. The standard InChI is InChI=1S/C21H20ClN5O2/c1-26-19-8-3-2-7-17(19)23-12-18(20(26)28)25-21(29)27-13-15(11-24-27)9-14-5-4-6-16(22)10-14/h2-8,10-11,13,18,23H,9,12H2,1H3,(H,25,29)/t18-/m0/s1. The molecule has 0 bridgehead atoms. The van der Waals surface area contributed by atoms with Crippen LogP contribution in [0.2, 0.25) is 5.02 Å². The molecule has 148 valence electrons. The highest BCUT2D eigenvalue weighted by atomic mass is 35.5. The average Bonchev–Trinajstić information content (AvgIpc) is 3.14. The van der Waals surface area contributed by atoms with E-state index in [2.05, 4.69) is 15.7 Å². The van der Waals surface area contributed by atoms with Gasteiger partial charge < -0.3 is 15.5 Å². The van der Waals surface area contributed by atoms with Gasteiger partial charge in [0.1, 0.15) is 6.04 Å². The summed E-state index contributed by atoms with van der Waals surface area (Å²) >= 11 is 6.02. The van der Waals surface area contributed by atoms with E-state index >= 15 is 0 Å². The van der Waals surface area contributed by atoms with E-state index in [0.717, 1.165) is 22.5 Å². The Bertz CT molecular complexity index is 1060. The molecule has 1 aliphatic rings. The number of halogens is 1. The molecule has 1 atom stereocenters. The van der Waals surface area contributed by atoms with Gasteiger partial charge >= 0.3 is 6.03 Å². The van der Waals surface area contributed by atoms with Crippen molar-refractivity contribution in [3.63, 3.8) is 0 Å². The summed E-state index contributed by atoms with van der Waals surface area (Å²) in [4.78, 5) is 27.0. The predicted molar refractivity (Wildman–Crippen MR) is 113 cm³/mol. The lowest BCUT2D eigenvalue weighted by molar-refractivity contribution is -0.119. The Balaban J connectivity index is 1.44. The van der Waals surface area contributed by atoms with Crippen LogP contribution in [0.5, 0.6) is 0 Å². The van der Waals surface area contributed by atoms with E-state index in [1.807, 2.05) is 48.5 Å². The zero-order valence-electron chi connectivity index (χ0n) is 15.8. The fourth-order valence-corrected chi connectivity index (χ4v) is 3.55. The Morgan fingerprint density at radius 1 is 1.24 bits per heavy atom. The van der Waals surface area contributed by atoms with Crippen LogP contribution < -0.4 is 15.5 Å². The zero-order chi connectivity index (χ0) is 20.4. The van der Waals surface area contributed by atoms with Crippen molar-refractivity contribution in [2.75, 3.05) is 23.8 Å². The van der Waals surface area contributed by atoms with Crippen molar-refractivity contribution in [1.82, 2.24) is 15.1 Å². The summed E-state index contributed by atoms with van der Waals surface area (Å²) in [6.45, 7) is 0.294. The third kappa shape index (κ3) is 4.09. The minimum atomic E-state index is -0.708. The third-order valence-corrected chi connectivity index (χ3v) is 5.06. The van der Waals surface area contributed by atoms with Crippen LogP contribution >= 0.6 is 11.6 Å². The first-order chi connectivity index (χ1) is 14.0. The fraction of sp³-hybridized carbons (Fsp3) is 0.190. The lowest BCUT2D eigenvalue weighted by Crippen LogP contribution is -2.50. The van der Waals surface area contributed by atoms with Gasteiger partial charge in [-0.2, -0.15) is 9.78 Å². The number of likely N-dealkylation sites (N-methyl/N-ethyl adjacent to an activating group) is 1. The van der Waals surface area contributed by atoms with E-state index in [0.29, 0.717) is 18.0 Å². The topological polar surface area (TPSA) is 79.3 Å². The second-order valence-electron chi connectivity index (χ2n) is 6.90. The maximum absolute atomic E-state index is 12.8. The zero-order valence-corrected chi connectivity index (χ0v) is 16.6. The first-order valence-corrected chi connectivity index (χ1v) is 9.58. The van der Waals surface area contributed by atoms with Crippen LogP contribution in [-0.4, -0.2) is 41.4 Å². The van der Waals surface area contributed by atoms with Crippen LogP contribution in [-0.2, 0) is 11.2 Å². The molecule has 2 aromatic carbocycles. The number of benzene rings is 2. The minimum absolute atomic E-state index is 0.192. The van der Waals surface area contributed by atoms with Gasteiger partial charge in [0.15, 0.2) is 0 Å². The van der Waals surface area contributed by atoms with Gasteiger partial charge in [-0.25, -0.2) is 4.79 Å². The van der Waals surface area contributed by atoms with Crippen molar-refractivity contribution < 1.29 is 9.59 Å². The molecule has 2 amide bonds. The molecule has 7 nitrogen and oxygen atoms in total. The van der Waals surface area contributed by atoms with E-state index in [1.165, 1.54) is 4.68 Å². The average molecular weight is 410 g/mol. The molecule has 29 heavy (non-hydrogen) atoms. The summed E-state index contributed by atoms with van der Waals surface area (Å²) in [5.74, 6) is -0.192. The maximum atomic E-state index is 12.8. The number of carbonyl (C=O) groups excluding carboxylic acids is 2. The van der Waals surface area contributed by atoms with Gasteiger partial charge in [0, 0.05) is 31.2 Å². The summed E-state index contributed by atoms with van der Waals surface area (Å²) in [7, 11) is 1.70. The summed E-state index contributed by atoms with van der Waals surface area (Å²) in [6.07, 6.45) is 3.90. The van der Waals surface area contributed by atoms with Gasteiger partial charge in [0.25, 0.3) is 5.91 Å². The fourth-order valence-electron chi connectivity index (χ4n) is 3.34. The van der Waals surface area contributed by atoms with E-state index in [9.17, 15) is 9.59 Å². The number of para-hydroxylation sites is 2. The minimum Gasteiger partial charge on any atom is -0.381 e. The highest BCUT2D eigenvalue weighted by Gasteiger charge is 2.29. The van der Waals surface area contributed by atoms with E-state index in [1.54, 1.807) is 24.3 Å². The van der Waals surface area contributed by atoms with Gasteiger partial charge in [0.05, 0.1) is 17.6 Å².